The van der Waals surface area contributed by atoms with Gasteiger partial charge in [0.25, 0.3) is 0 Å². The lowest BCUT2D eigenvalue weighted by Gasteiger charge is -1.98. The van der Waals surface area contributed by atoms with E-state index >= 15 is 0 Å². The second-order valence-electron chi connectivity index (χ2n) is 3.19. The molecule has 0 atom stereocenters. The SMILES string of the molecule is Cc1ccc(C#CCC(=O)O)c(C)c1. The smallest absolute Gasteiger partial charge is 0.315 e. The standard InChI is InChI=1S/C12H12O2/c1-9-6-7-11(10(2)8-9)4-3-5-12(13)14/h6-8H,5H2,1-2H3,(H,13,14). The Hall–Kier alpha value is -1.75. The average molecular weight is 188 g/mol. The molecule has 0 aliphatic rings. The monoisotopic (exact) mass is 188 g/mol. The molecule has 1 N–H and O–H groups in total. The van der Waals surface area contributed by atoms with E-state index in [1.54, 1.807) is 0 Å². The molecule has 0 aromatic heterocycles. The minimum Gasteiger partial charge on any atom is -0.481 e. The van der Waals surface area contributed by atoms with E-state index in [9.17, 15) is 4.79 Å². The highest BCUT2D eigenvalue weighted by Gasteiger charge is 1.94. The predicted molar refractivity (Wildman–Crippen MR) is 55.0 cm³/mol. The van der Waals surface area contributed by atoms with Crippen molar-refractivity contribution in [1.82, 2.24) is 0 Å². The Kier molecular flexibility index (Phi) is 3.30. The van der Waals surface area contributed by atoms with Crippen LogP contribution in [0.15, 0.2) is 18.2 Å². The topological polar surface area (TPSA) is 37.3 Å². The van der Waals surface area contributed by atoms with E-state index in [2.05, 4.69) is 11.8 Å². The van der Waals surface area contributed by atoms with Crippen LogP contribution >= 0.6 is 0 Å². The van der Waals surface area contributed by atoms with Crippen LogP contribution in [0.25, 0.3) is 0 Å². The zero-order chi connectivity index (χ0) is 10.6. The number of aliphatic carboxylic acids is 1. The van der Waals surface area contributed by atoms with E-state index in [1.165, 1.54) is 5.56 Å². The van der Waals surface area contributed by atoms with Gasteiger partial charge in [-0.05, 0) is 25.5 Å². The number of benzene rings is 1. The van der Waals surface area contributed by atoms with Gasteiger partial charge >= 0.3 is 5.97 Å². The Labute approximate surface area is 83.6 Å². The van der Waals surface area contributed by atoms with Crippen LogP contribution in [0.5, 0.6) is 0 Å². The molecule has 0 amide bonds. The van der Waals surface area contributed by atoms with Crippen molar-refractivity contribution in [3.8, 4) is 11.8 Å². The first-order valence-electron chi connectivity index (χ1n) is 4.37. The van der Waals surface area contributed by atoms with Gasteiger partial charge in [-0.2, -0.15) is 0 Å². The van der Waals surface area contributed by atoms with Crippen molar-refractivity contribution in [2.45, 2.75) is 20.3 Å². The normalized spacial score (nSPS) is 9.00. The zero-order valence-corrected chi connectivity index (χ0v) is 8.29. The van der Waals surface area contributed by atoms with Crippen LogP contribution in [0, 0.1) is 25.7 Å². The highest BCUT2D eigenvalue weighted by Crippen LogP contribution is 2.08. The molecule has 1 aromatic rings. The molecule has 0 spiro atoms. The van der Waals surface area contributed by atoms with Crippen molar-refractivity contribution >= 4 is 5.97 Å². The summed E-state index contributed by atoms with van der Waals surface area (Å²) >= 11 is 0. The van der Waals surface area contributed by atoms with Crippen molar-refractivity contribution < 1.29 is 9.90 Å². The molecule has 0 radical (unpaired) electrons. The molecular weight excluding hydrogens is 176 g/mol. The van der Waals surface area contributed by atoms with Gasteiger partial charge < -0.3 is 5.11 Å². The Morgan fingerprint density at radius 1 is 1.43 bits per heavy atom. The maximum atomic E-state index is 10.2. The molecule has 1 aromatic carbocycles. The summed E-state index contributed by atoms with van der Waals surface area (Å²) in [5.74, 6) is 4.57. The largest absolute Gasteiger partial charge is 0.481 e. The highest BCUT2D eigenvalue weighted by molar-refractivity contribution is 5.70. The first-order chi connectivity index (χ1) is 6.59. The number of aryl methyl sites for hydroxylation is 2. The minimum absolute atomic E-state index is 0.104. The van der Waals surface area contributed by atoms with E-state index in [0.29, 0.717) is 0 Å². The highest BCUT2D eigenvalue weighted by atomic mass is 16.4. The minimum atomic E-state index is -0.887. The van der Waals surface area contributed by atoms with Gasteiger partial charge in [0.05, 0.1) is 0 Å². The Morgan fingerprint density at radius 2 is 2.14 bits per heavy atom. The van der Waals surface area contributed by atoms with Crippen LogP contribution < -0.4 is 0 Å². The Bertz CT molecular complexity index is 408. The molecule has 0 heterocycles. The lowest BCUT2D eigenvalue weighted by molar-refractivity contribution is -0.135. The zero-order valence-electron chi connectivity index (χ0n) is 8.29. The van der Waals surface area contributed by atoms with Crippen LogP contribution in [0.4, 0.5) is 0 Å². The fraction of sp³-hybridized carbons (Fsp3) is 0.250. The molecule has 0 aliphatic carbocycles. The third kappa shape index (κ3) is 2.95. The first-order valence-corrected chi connectivity index (χ1v) is 4.37. The van der Waals surface area contributed by atoms with Crippen LogP contribution in [-0.4, -0.2) is 11.1 Å². The van der Waals surface area contributed by atoms with Crippen LogP contribution in [0.3, 0.4) is 0 Å². The molecule has 0 saturated heterocycles. The summed E-state index contributed by atoms with van der Waals surface area (Å²) < 4.78 is 0. The summed E-state index contributed by atoms with van der Waals surface area (Å²) in [4.78, 5) is 10.2. The van der Waals surface area contributed by atoms with E-state index in [4.69, 9.17) is 5.11 Å². The van der Waals surface area contributed by atoms with Crippen molar-refractivity contribution in [2.24, 2.45) is 0 Å². The average Bonchev–Trinajstić information content (AvgIpc) is 2.08. The van der Waals surface area contributed by atoms with E-state index < -0.39 is 5.97 Å². The molecule has 14 heavy (non-hydrogen) atoms. The number of hydrogen-bond acceptors (Lipinski definition) is 1. The lowest BCUT2D eigenvalue weighted by Crippen LogP contribution is -1.90. The summed E-state index contributed by atoms with van der Waals surface area (Å²) in [7, 11) is 0. The molecule has 0 aliphatic heterocycles. The summed E-state index contributed by atoms with van der Waals surface area (Å²) in [6.45, 7) is 3.99. The molecule has 1 rings (SSSR count). The van der Waals surface area contributed by atoms with E-state index in [1.807, 2.05) is 32.0 Å². The van der Waals surface area contributed by atoms with Crippen molar-refractivity contribution in [3.63, 3.8) is 0 Å². The number of rotatable bonds is 1. The molecule has 0 saturated carbocycles. The lowest BCUT2D eigenvalue weighted by atomic mass is 10.1. The van der Waals surface area contributed by atoms with Crippen molar-refractivity contribution in [3.05, 3.63) is 34.9 Å². The molecule has 2 nitrogen and oxygen atoms in total. The van der Waals surface area contributed by atoms with Crippen LogP contribution in [-0.2, 0) is 4.79 Å². The number of carboxylic acids is 1. The predicted octanol–water partition coefficient (Wildman–Crippen LogP) is 2.13. The molecule has 0 unspecified atom stereocenters. The first kappa shape index (κ1) is 10.3. The second-order valence-corrected chi connectivity index (χ2v) is 3.19. The summed E-state index contributed by atoms with van der Waals surface area (Å²) in [5.41, 5.74) is 3.17. The number of hydrogen-bond donors (Lipinski definition) is 1. The molecule has 0 bridgehead atoms. The molecule has 0 fully saturated rings. The third-order valence-corrected chi connectivity index (χ3v) is 1.84. The maximum Gasteiger partial charge on any atom is 0.315 e. The van der Waals surface area contributed by atoms with Gasteiger partial charge in [0, 0.05) is 5.56 Å². The van der Waals surface area contributed by atoms with Crippen molar-refractivity contribution in [1.29, 1.82) is 0 Å². The van der Waals surface area contributed by atoms with Gasteiger partial charge in [0.1, 0.15) is 6.42 Å². The Morgan fingerprint density at radius 3 is 2.71 bits per heavy atom. The van der Waals surface area contributed by atoms with Gasteiger partial charge in [-0.15, -0.1) is 0 Å². The van der Waals surface area contributed by atoms with Gasteiger partial charge in [-0.3, -0.25) is 4.79 Å². The third-order valence-electron chi connectivity index (χ3n) is 1.84. The van der Waals surface area contributed by atoms with Gasteiger partial charge in [0.15, 0.2) is 0 Å². The fourth-order valence-corrected chi connectivity index (χ4v) is 1.17. The summed E-state index contributed by atoms with van der Waals surface area (Å²) in [6, 6.07) is 5.92. The Balaban J connectivity index is 2.85. The fourth-order valence-electron chi connectivity index (χ4n) is 1.17. The second kappa shape index (κ2) is 4.48. The molecule has 72 valence electrons. The van der Waals surface area contributed by atoms with Crippen molar-refractivity contribution in [2.75, 3.05) is 0 Å². The van der Waals surface area contributed by atoms with E-state index in [-0.39, 0.29) is 6.42 Å². The van der Waals surface area contributed by atoms with Crippen LogP contribution in [0.1, 0.15) is 23.1 Å². The van der Waals surface area contributed by atoms with Gasteiger partial charge in [-0.1, -0.05) is 29.5 Å². The maximum absolute atomic E-state index is 10.2. The number of carbonyl (C=O) groups is 1. The van der Waals surface area contributed by atoms with Gasteiger partial charge in [0.2, 0.25) is 0 Å². The van der Waals surface area contributed by atoms with Crippen LogP contribution in [0.2, 0.25) is 0 Å². The van der Waals surface area contributed by atoms with Gasteiger partial charge in [-0.25, -0.2) is 0 Å². The summed E-state index contributed by atoms with van der Waals surface area (Å²) in [6.07, 6.45) is -0.104. The molecule has 2 heteroatoms. The quantitative estimate of drug-likeness (QED) is 0.685. The number of carboxylic acid groups (broad SMARTS) is 1. The van der Waals surface area contributed by atoms with E-state index in [0.717, 1.165) is 11.1 Å². The molecular formula is C12H12O2. The summed E-state index contributed by atoms with van der Waals surface area (Å²) in [5, 5.41) is 8.40.